The number of carbonyl (C=O) groups is 1. The van der Waals surface area contributed by atoms with Crippen LogP contribution < -0.4 is 11.1 Å². The van der Waals surface area contributed by atoms with Gasteiger partial charge in [0.25, 0.3) is 5.91 Å². The molecule has 0 unspecified atom stereocenters. The molecule has 0 aliphatic rings. The fraction of sp³-hybridized carbons (Fsp3) is 0. The highest BCUT2D eigenvalue weighted by atomic mass is 127. The number of amides is 1. The van der Waals surface area contributed by atoms with Crippen molar-refractivity contribution in [3.63, 3.8) is 0 Å². The highest BCUT2D eigenvalue weighted by Crippen LogP contribution is 2.11. The molecule has 0 spiro atoms. The maximum atomic E-state index is 11.6. The van der Waals surface area contributed by atoms with E-state index in [9.17, 15) is 4.79 Å². The maximum absolute atomic E-state index is 11.6. The number of H-pyrrole nitrogens is 1. The van der Waals surface area contributed by atoms with Gasteiger partial charge in [-0.05, 0) is 46.9 Å². The van der Waals surface area contributed by atoms with Crippen LogP contribution in [0.2, 0.25) is 0 Å². The van der Waals surface area contributed by atoms with Crippen molar-refractivity contribution < 1.29 is 4.79 Å². The Hall–Kier alpha value is -1.64. The van der Waals surface area contributed by atoms with Crippen molar-refractivity contribution in [1.82, 2.24) is 15.2 Å². The van der Waals surface area contributed by atoms with Gasteiger partial charge in [0.05, 0.1) is 0 Å². The first-order chi connectivity index (χ1) is 7.65. The molecule has 7 heteroatoms. The number of hydrogen-bond donors (Lipinski definition) is 3. The zero-order chi connectivity index (χ0) is 11.5. The number of halogens is 1. The average Bonchev–Trinajstić information content (AvgIpc) is 2.68. The number of aromatic amines is 1. The molecule has 1 aromatic carbocycles. The Morgan fingerprint density at radius 2 is 2.06 bits per heavy atom. The number of anilines is 2. The molecule has 1 heterocycles. The van der Waals surface area contributed by atoms with E-state index in [-0.39, 0.29) is 17.7 Å². The lowest BCUT2D eigenvalue weighted by atomic mass is 10.3. The fourth-order valence-corrected chi connectivity index (χ4v) is 1.46. The Bertz CT molecular complexity index is 507. The van der Waals surface area contributed by atoms with Crippen molar-refractivity contribution in [1.29, 1.82) is 0 Å². The standard InChI is InChI=1S/C9H8IN5O/c10-5-1-3-6(4-2-5)12-8(16)7-13-9(11)15-14-7/h1-4H,(H,12,16)(H3,11,13,14,15). The molecule has 0 saturated heterocycles. The predicted molar refractivity (Wildman–Crippen MR) is 67.9 cm³/mol. The summed E-state index contributed by atoms with van der Waals surface area (Å²) in [4.78, 5) is 15.3. The number of carbonyl (C=O) groups excluding carboxylic acids is 1. The van der Waals surface area contributed by atoms with Crippen molar-refractivity contribution in [2.75, 3.05) is 11.1 Å². The summed E-state index contributed by atoms with van der Waals surface area (Å²) >= 11 is 2.19. The summed E-state index contributed by atoms with van der Waals surface area (Å²) in [5.74, 6) is -0.228. The van der Waals surface area contributed by atoms with Crippen LogP contribution in [0.4, 0.5) is 11.6 Å². The van der Waals surface area contributed by atoms with Gasteiger partial charge in [-0.15, -0.1) is 5.10 Å². The van der Waals surface area contributed by atoms with E-state index in [0.29, 0.717) is 5.69 Å². The molecule has 82 valence electrons. The Kier molecular flexibility index (Phi) is 3.04. The Morgan fingerprint density at radius 1 is 1.38 bits per heavy atom. The molecule has 2 rings (SSSR count). The largest absolute Gasteiger partial charge is 0.366 e. The number of nitrogens with two attached hydrogens (primary N) is 1. The van der Waals surface area contributed by atoms with Crippen molar-refractivity contribution >= 4 is 40.1 Å². The molecular formula is C9H8IN5O. The molecule has 16 heavy (non-hydrogen) atoms. The summed E-state index contributed by atoms with van der Waals surface area (Å²) < 4.78 is 1.10. The second-order valence-corrected chi connectivity index (χ2v) is 4.25. The van der Waals surface area contributed by atoms with Crippen molar-refractivity contribution in [2.45, 2.75) is 0 Å². The van der Waals surface area contributed by atoms with Gasteiger partial charge in [0.15, 0.2) is 0 Å². The van der Waals surface area contributed by atoms with Gasteiger partial charge in [-0.2, -0.15) is 4.98 Å². The Labute approximate surface area is 105 Å². The van der Waals surface area contributed by atoms with Crippen LogP contribution >= 0.6 is 22.6 Å². The summed E-state index contributed by atoms with van der Waals surface area (Å²) in [6, 6.07) is 7.40. The molecule has 6 nitrogen and oxygen atoms in total. The molecule has 0 aliphatic carbocycles. The van der Waals surface area contributed by atoms with Crippen molar-refractivity contribution in [3.8, 4) is 0 Å². The van der Waals surface area contributed by atoms with E-state index in [1.165, 1.54) is 0 Å². The molecule has 0 atom stereocenters. The minimum absolute atomic E-state index is 0.0489. The zero-order valence-corrected chi connectivity index (χ0v) is 10.2. The highest BCUT2D eigenvalue weighted by molar-refractivity contribution is 14.1. The van der Waals surface area contributed by atoms with E-state index >= 15 is 0 Å². The van der Waals surface area contributed by atoms with E-state index in [4.69, 9.17) is 5.73 Å². The molecule has 0 fully saturated rings. The minimum atomic E-state index is -0.370. The third-order valence-electron chi connectivity index (χ3n) is 1.82. The van der Waals surface area contributed by atoms with E-state index < -0.39 is 0 Å². The summed E-state index contributed by atoms with van der Waals surface area (Å²) in [7, 11) is 0. The monoisotopic (exact) mass is 329 g/mol. The van der Waals surface area contributed by atoms with E-state index in [1.54, 1.807) is 12.1 Å². The van der Waals surface area contributed by atoms with Crippen LogP contribution in [0.1, 0.15) is 10.6 Å². The van der Waals surface area contributed by atoms with Gasteiger partial charge < -0.3 is 11.1 Å². The van der Waals surface area contributed by atoms with Crippen molar-refractivity contribution in [2.24, 2.45) is 0 Å². The van der Waals surface area contributed by atoms with Gasteiger partial charge in [0.1, 0.15) is 0 Å². The van der Waals surface area contributed by atoms with Gasteiger partial charge in [-0.1, -0.05) is 0 Å². The van der Waals surface area contributed by atoms with E-state index in [0.717, 1.165) is 3.57 Å². The molecule has 0 saturated carbocycles. The molecule has 1 aromatic heterocycles. The quantitative estimate of drug-likeness (QED) is 0.722. The first-order valence-corrected chi connectivity index (χ1v) is 5.48. The highest BCUT2D eigenvalue weighted by Gasteiger charge is 2.10. The first kappa shape index (κ1) is 10.9. The number of benzene rings is 1. The van der Waals surface area contributed by atoms with Crippen LogP contribution in [0.25, 0.3) is 0 Å². The van der Waals surface area contributed by atoms with Crippen LogP contribution in [0.3, 0.4) is 0 Å². The second-order valence-electron chi connectivity index (χ2n) is 3.00. The van der Waals surface area contributed by atoms with Crippen molar-refractivity contribution in [3.05, 3.63) is 33.7 Å². The van der Waals surface area contributed by atoms with Crippen LogP contribution in [-0.4, -0.2) is 21.1 Å². The SMILES string of the molecule is Nc1n[nH]c(C(=O)Nc2ccc(I)cc2)n1. The molecule has 0 aliphatic heterocycles. The second kappa shape index (κ2) is 4.47. The summed E-state index contributed by atoms with van der Waals surface area (Å²) in [6.07, 6.45) is 0. The number of nitrogens with one attached hydrogen (secondary N) is 2. The topological polar surface area (TPSA) is 96.7 Å². The summed E-state index contributed by atoms with van der Waals surface area (Å²) in [6.45, 7) is 0. The number of aromatic nitrogens is 3. The number of rotatable bonds is 2. The number of nitrogen functional groups attached to an aromatic ring is 1. The molecular weight excluding hydrogens is 321 g/mol. The third-order valence-corrected chi connectivity index (χ3v) is 2.54. The van der Waals surface area contributed by atoms with Crippen LogP contribution in [-0.2, 0) is 0 Å². The smallest absolute Gasteiger partial charge is 0.293 e. The molecule has 1 amide bonds. The van der Waals surface area contributed by atoms with Crippen LogP contribution in [0.5, 0.6) is 0 Å². The Morgan fingerprint density at radius 3 is 2.62 bits per heavy atom. The lowest BCUT2D eigenvalue weighted by Gasteiger charge is -2.02. The fourth-order valence-electron chi connectivity index (χ4n) is 1.10. The molecule has 4 N–H and O–H groups in total. The normalized spacial score (nSPS) is 10.1. The third kappa shape index (κ3) is 2.48. The minimum Gasteiger partial charge on any atom is -0.366 e. The number of hydrogen-bond acceptors (Lipinski definition) is 4. The lowest BCUT2D eigenvalue weighted by Crippen LogP contribution is -2.13. The summed E-state index contributed by atoms with van der Waals surface area (Å²) in [5, 5.41) is 8.68. The molecule has 0 radical (unpaired) electrons. The van der Waals surface area contributed by atoms with Crippen LogP contribution in [0.15, 0.2) is 24.3 Å². The average molecular weight is 329 g/mol. The van der Waals surface area contributed by atoms with Crippen LogP contribution in [0, 0.1) is 3.57 Å². The van der Waals surface area contributed by atoms with E-state index in [2.05, 4.69) is 43.1 Å². The maximum Gasteiger partial charge on any atom is 0.293 e. The van der Waals surface area contributed by atoms with Gasteiger partial charge in [0.2, 0.25) is 11.8 Å². The van der Waals surface area contributed by atoms with Gasteiger partial charge >= 0.3 is 0 Å². The molecule has 2 aromatic rings. The van der Waals surface area contributed by atoms with Gasteiger partial charge in [0, 0.05) is 9.26 Å². The van der Waals surface area contributed by atoms with Gasteiger partial charge in [-0.3, -0.25) is 9.89 Å². The van der Waals surface area contributed by atoms with E-state index in [1.807, 2.05) is 12.1 Å². The zero-order valence-electron chi connectivity index (χ0n) is 8.07. The lowest BCUT2D eigenvalue weighted by molar-refractivity contribution is 0.101. The Balaban J connectivity index is 2.10. The number of nitrogens with zero attached hydrogens (tertiary/aromatic N) is 2. The first-order valence-electron chi connectivity index (χ1n) is 4.40. The van der Waals surface area contributed by atoms with Gasteiger partial charge in [-0.25, -0.2) is 0 Å². The summed E-state index contributed by atoms with van der Waals surface area (Å²) in [5.41, 5.74) is 5.99. The molecule has 0 bridgehead atoms. The predicted octanol–water partition coefficient (Wildman–Crippen LogP) is 1.24.